The van der Waals surface area contributed by atoms with Crippen molar-refractivity contribution < 1.29 is 14.1 Å². The molecule has 150 valence electrons. The summed E-state index contributed by atoms with van der Waals surface area (Å²) in [6.45, 7) is 1.96. The molecular weight excluding hydrogens is 380 g/mol. The van der Waals surface area contributed by atoms with E-state index in [9.17, 15) is 4.79 Å². The third-order valence-electron chi connectivity index (χ3n) is 4.51. The van der Waals surface area contributed by atoms with E-state index in [2.05, 4.69) is 20.4 Å². The number of nitrogens with zero attached hydrogens (tertiary/aromatic N) is 3. The molecule has 1 atom stereocenters. The van der Waals surface area contributed by atoms with Gasteiger partial charge in [0.1, 0.15) is 5.75 Å². The maximum atomic E-state index is 12.8. The van der Waals surface area contributed by atoms with Crippen molar-refractivity contribution in [2.75, 3.05) is 0 Å². The lowest BCUT2D eigenvalue weighted by molar-refractivity contribution is 0.0934. The molecule has 0 fully saturated rings. The number of pyridine rings is 1. The number of benzene rings is 2. The van der Waals surface area contributed by atoms with Crippen LogP contribution in [0.5, 0.6) is 5.75 Å². The molecule has 2 aromatic heterocycles. The predicted octanol–water partition coefficient (Wildman–Crippen LogP) is 4.20. The number of para-hydroxylation sites is 1. The maximum absolute atomic E-state index is 12.8. The lowest BCUT2D eigenvalue weighted by Gasteiger charge is -2.15. The van der Waals surface area contributed by atoms with Gasteiger partial charge in [0, 0.05) is 18.0 Å². The molecule has 2 heterocycles. The van der Waals surface area contributed by atoms with Crippen LogP contribution in [-0.4, -0.2) is 21.0 Å². The summed E-state index contributed by atoms with van der Waals surface area (Å²) >= 11 is 0. The molecule has 0 bridgehead atoms. The second-order valence-corrected chi connectivity index (χ2v) is 6.64. The Bertz CT molecular complexity index is 1110. The molecule has 0 unspecified atom stereocenters. The van der Waals surface area contributed by atoms with Crippen molar-refractivity contribution in [2.24, 2.45) is 0 Å². The van der Waals surface area contributed by atoms with Gasteiger partial charge in [-0.3, -0.25) is 9.78 Å². The van der Waals surface area contributed by atoms with Crippen LogP contribution in [0.2, 0.25) is 0 Å². The van der Waals surface area contributed by atoms with Gasteiger partial charge in [-0.15, -0.1) is 0 Å². The monoisotopic (exact) mass is 400 g/mol. The lowest BCUT2D eigenvalue weighted by atomic mass is 10.1. The number of nitrogens with one attached hydrogen (secondary N) is 1. The van der Waals surface area contributed by atoms with Gasteiger partial charge in [0.05, 0.1) is 11.6 Å². The quantitative estimate of drug-likeness (QED) is 0.500. The van der Waals surface area contributed by atoms with Crippen LogP contribution < -0.4 is 10.1 Å². The number of amides is 1. The van der Waals surface area contributed by atoms with E-state index >= 15 is 0 Å². The van der Waals surface area contributed by atoms with Crippen LogP contribution in [0.25, 0.3) is 11.4 Å². The van der Waals surface area contributed by atoms with Gasteiger partial charge in [0.15, 0.2) is 6.61 Å². The highest BCUT2D eigenvalue weighted by atomic mass is 16.5. The van der Waals surface area contributed by atoms with Gasteiger partial charge in [-0.25, -0.2) is 0 Å². The maximum Gasteiger partial charge on any atom is 0.264 e. The van der Waals surface area contributed by atoms with Crippen molar-refractivity contribution in [3.8, 4) is 17.1 Å². The molecule has 0 aliphatic carbocycles. The average molecular weight is 400 g/mol. The molecule has 30 heavy (non-hydrogen) atoms. The molecule has 0 saturated carbocycles. The Morgan fingerprint density at radius 3 is 2.67 bits per heavy atom. The van der Waals surface area contributed by atoms with Crippen molar-refractivity contribution in [1.29, 1.82) is 0 Å². The number of carbonyl (C=O) groups is 1. The van der Waals surface area contributed by atoms with Gasteiger partial charge in [-0.2, -0.15) is 4.98 Å². The van der Waals surface area contributed by atoms with Gasteiger partial charge in [-0.1, -0.05) is 53.7 Å². The SMILES string of the molecule is C[C@@H](NC(=O)c1ccccc1OCc1nc(-c2ccccc2)no1)c1cccnc1. The zero-order chi connectivity index (χ0) is 20.8. The van der Waals surface area contributed by atoms with Crippen molar-refractivity contribution >= 4 is 5.91 Å². The number of ether oxygens (including phenoxy) is 1. The van der Waals surface area contributed by atoms with E-state index in [4.69, 9.17) is 9.26 Å². The molecule has 4 rings (SSSR count). The summed E-state index contributed by atoms with van der Waals surface area (Å²) in [5.74, 6) is 1.02. The number of carbonyl (C=O) groups excluding carboxylic acids is 1. The van der Waals surface area contributed by atoms with E-state index in [1.807, 2.05) is 49.4 Å². The number of rotatable bonds is 7. The third kappa shape index (κ3) is 4.52. The van der Waals surface area contributed by atoms with Gasteiger partial charge in [0.2, 0.25) is 5.82 Å². The lowest BCUT2D eigenvalue weighted by Crippen LogP contribution is -2.27. The first-order chi connectivity index (χ1) is 14.7. The summed E-state index contributed by atoms with van der Waals surface area (Å²) in [4.78, 5) is 21.2. The fraction of sp³-hybridized carbons (Fsp3) is 0.130. The van der Waals surface area contributed by atoms with Crippen LogP contribution in [0.1, 0.15) is 34.8 Å². The Morgan fingerprint density at radius 2 is 1.87 bits per heavy atom. The highest BCUT2D eigenvalue weighted by Crippen LogP contribution is 2.21. The smallest absolute Gasteiger partial charge is 0.264 e. The van der Waals surface area contributed by atoms with Gasteiger partial charge >= 0.3 is 0 Å². The topological polar surface area (TPSA) is 90.1 Å². The predicted molar refractivity (Wildman–Crippen MR) is 111 cm³/mol. The highest BCUT2D eigenvalue weighted by molar-refractivity contribution is 5.97. The summed E-state index contributed by atoms with van der Waals surface area (Å²) in [5.41, 5.74) is 2.20. The number of hydrogen-bond donors (Lipinski definition) is 1. The molecule has 1 N–H and O–H groups in total. The van der Waals surface area contributed by atoms with Gasteiger partial charge < -0.3 is 14.6 Å². The van der Waals surface area contributed by atoms with E-state index < -0.39 is 0 Å². The average Bonchev–Trinajstić information content (AvgIpc) is 3.28. The molecule has 1 amide bonds. The van der Waals surface area contributed by atoms with E-state index in [1.165, 1.54) is 0 Å². The van der Waals surface area contributed by atoms with E-state index in [-0.39, 0.29) is 18.6 Å². The summed E-state index contributed by atoms with van der Waals surface area (Å²) in [5, 5.41) is 6.94. The zero-order valence-corrected chi connectivity index (χ0v) is 16.4. The number of hydrogen-bond acceptors (Lipinski definition) is 6. The minimum absolute atomic E-state index is 0.0578. The van der Waals surface area contributed by atoms with E-state index in [1.54, 1.807) is 36.7 Å². The summed E-state index contributed by atoms with van der Waals surface area (Å²) < 4.78 is 11.1. The van der Waals surface area contributed by atoms with Crippen LogP contribution in [0.3, 0.4) is 0 Å². The first kappa shape index (κ1) is 19.3. The fourth-order valence-corrected chi connectivity index (χ4v) is 2.93. The molecule has 7 nitrogen and oxygen atoms in total. The normalized spacial score (nSPS) is 11.6. The Balaban J connectivity index is 1.43. The second kappa shape index (κ2) is 9.00. The Kier molecular flexibility index (Phi) is 5.80. The second-order valence-electron chi connectivity index (χ2n) is 6.64. The molecule has 2 aromatic carbocycles. The highest BCUT2D eigenvalue weighted by Gasteiger charge is 2.17. The van der Waals surface area contributed by atoms with Gasteiger partial charge in [0.25, 0.3) is 11.8 Å². The van der Waals surface area contributed by atoms with E-state index in [0.717, 1.165) is 11.1 Å². The molecule has 0 saturated heterocycles. The first-order valence-corrected chi connectivity index (χ1v) is 9.51. The third-order valence-corrected chi connectivity index (χ3v) is 4.51. The molecule has 0 spiro atoms. The molecule has 0 radical (unpaired) electrons. The van der Waals surface area contributed by atoms with Crippen LogP contribution in [0.15, 0.2) is 83.6 Å². The van der Waals surface area contributed by atoms with E-state index in [0.29, 0.717) is 23.0 Å². The largest absolute Gasteiger partial charge is 0.483 e. The fourth-order valence-electron chi connectivity index (χ4n) is 2.93. The minimum Gasteiger partial charge on any atom is -0.483 e. The molecule has 4 aromatic rings. The molecular formula is C23H20N4O3. The first-order valence-electron chi connectivity index (χ1n) is 9.51. The Morgan fingerprint density at radius 1 is 1.07 bits per heavy atom. The van der Waals surface area contributed by atoms with Crippen LogP contribution in [0.4, 0.5) is 0 Å². The summed E-state index contributed by atoms with van der Waals surface area (Å²) in [6.07, 6.45) is 3.43. The molecule has 7 heteroatoms. The van der Waals surface area contributed by atoms with Crippen molar-refractivity contribution in [3.05, 3.63) is 96.1 Å². The minimum atomic E-state index is -0.238. The molecule has 0 aliphatic heterocycles. The standard InChI is InChI=1S/C23H20N4O3/c1-16(18-10-7-13-24-14-18)25-23(28)19-11-5-6-12-20(19)29-15-21-26-22(27-30-21)17-8-3-2-4-9-17/h2-14,16H,15H2,1H3,(H,25,28)/t16-/m1/s1. The zero-order valence-electron chi connectivity index (χ0n) is 16.4. The molecule has 0 aliphatic rings. The van der Waals surface area contributed by atoms with Crippen LogP contribution in [0, 0.1) is 0 Å². The Hall–Kier alpha value is -4.00. The number of aromatic nitrogens is 3. The van der Waals surface area contributed by atoms with Crippen LogP contribution in [-0.2, 0) is 6.61 Å². The summed E-state index contributed by atoms with van der Waals surface area (Å²) in [6, 6.07) is 20.1. The van der Waals surface area contributed by atoms with Crippen molar-refractivity contribution in [2.45, 2.75) is 19.6 Å². The Labute approximate surface area is 173 Å². The van der Waals surface area contributed by atoms with Crippen molar-refractivity contribution in [1.82, 2.24) is 20.4 Å². The summed E-state index contributed by atoms with van der Waals surface area (Å²) in [7, 11) is 0. The van der Waals surface area contributed by atoms with Crippen molar-refractivity contribution in [3.63, 3.8) is 0 Å². The van der Waals surface area contributed by atoms with Crippen LogP contribution >= 0.6 is 0 Å². The van der Waals surface area contributed by atoms with Gasteiger partial charge in [-0.05, 0) is 30.7 Å².